The van der Waals surface area contributed by atoms with Gasteiger partial charge in [-0.05, 0) is 43.7 Å². The van der Waals surface area contributed by atoms with Crippen LogP contribution in [0.5, 0.6) is 0 Å². The van der Waals surface area contributed by atoms with Crippen molar-refractivity contribution in [1.82, 2.24) is 0 Å². The quantitative estimate of drug-likeness (QED) is 0.544. The smallest absolute Gasteiger partial charge is 0.159 e. The third-order valence-corrected chi connectivity index (χ3v) is 2.66. The molecule has 0 amide bonds. The summed E-state index contributed by atoms with van der Waals surface area (Å²) in [6, 6.07) is 15.5. The summed E-state index contributed by atoms with van der Waals surface area (Å²) < 4.78 is 0. The molecule has 18 heavy (non-hydrogen) atoms. The van der Waals surface area contributed by atoms with Gasteiger partial charge in [-0.1, -0.05) is 36.1 Å². The molecule has 0 saturated heterocycles. The molecule has 1 heteroatoms. The standard InChI is InChI=1S/C17H14O/c1-13-4-3-5-16(12-13)7-6-15-8-10-17(11-9-15)14(2)18/h3-5,8-12H,1-2H3. The zero-order valence-electron chi connectivity index (χ0n) is 10.5. The minimum atomic E-state index is 0.0770. The van der Waals surface area contributed by atoms with Crippen LogP contribution in [-0.2, 0) is 0 Å². The zero-order valence-corrected chi connectivity index (χ0v) is 10.5. The van der Waals surface area contributed by atoms with Gasteiger partial charge in [0, 0.05) is 16.7 Å². The Morgan fingerprint density at radius 1 is 0.944 bits per heavy atom. The van der Waals surface area contributed by atoms with E-state index in [1.54, 1.807) is 6.92 Å². The molecular weight excluding hydrogens is 220 g/mol. The molecule has 0 spiro atoms. The number of ketones is 1. The van der Waals surface area contributed by atoms with E-state index in [4.69, 9.17) is 0 Å². The molecule has 0 N–H and O–H groups in total. The molecule has 0 fully saturated rings. The highest BCUT2D eigenvalue weighted by Gasteiger charge is 1.96. The average Bonchev–Trinajstić information content (AvgIpc) is 2.37. The third kappa shape index (κ3) is 3.09. The van der Waals surface area contributed by atoms with Gasteiger partial charge in [0.15, 0.2) is 5.78 Å². The lowest BCUT2D eigenvalue weighted by Gasteiger charge is -1.95. The normalized spacial score (nSPS) is 9.44. The topological polar surface area (TPSA) is 17.1 Å². The van der Waals surface area contributed by atoms with Crippen LogP contribution in [0.4, 0.5) is 0 Å². The molecule has 0 atom stereocenters. The van der Waals surface area contributed by atoms with Gasteiger partial charge in [0.05, 0.1) is 0 Å². The lowest BCUT2D eigenvalue weighted by atomic mass is 10.1. The van der Waals surface area contributed by atoms with Crippen molar-refractivity contribution >= 4 is 5.78 Å². The first-order valence-corrected chi connectivity index (χ1v) is 5.85. The van der Waals surface area contributed by atoms with E-state index in [-0.39, 0.29) is 5.78 Å². The van der Waals surface area contributed by atoms with Crippen LogP contribution in [0.25, 0.3) is 0 Å². The molecule has 0 aliphatic rings. The largest absolute Gasteiger partial charge is 0.295 e. The second-order valence-corrected chi connectivity index (χ2v) is 4.25. The van der Waals surface area contributed by atoms with E-state index < -0.39 is 0 Å². The van der Waals surface area contributed by atoms with Crippen LogP contribution >= 0.6 is 0 Å². The zero-order chi connectivity index (χ0) is 13.0. The van der Waals surface area contributed by atoms with E-state index in [0.29, 0.717) is 0 Å². The average molecular weight is 234 g/mol. The minimum absolute atomic E-state index is 0.0770. The van der Waals surface area contributed by atoms with E-state index in [1.807, 2.05) is 49.4 Å². The third-order valence-electron chi connectivity index (χ3n) is 2.66. The Morgan fingerprint density at radius 3 is 2.22 bits per heavy atom. The number of carbonyl (C=O) groups is 1. The Hall–Kier alpha value is -2.33. The Balaban J connectivity index is 2.22. The molecule has 0 aromatic heterocycles. The summed E-state index contributed by atoms with van der Waals surface area (Å²) in [5.41, 5.74) is 3.84. The van der Waals surface area contributed by atoms with Crippen LogP contribution in [0.2, 0.25) is 0 Å². The fourth-order valence-corrected chi connectivity index (χ4v) is 1.66. The van der Waals surface area contributed by atoms with Gasteiger partial charge in [-0.25, -0.2) is 0 Å². The van der Waals surface area contributed by atoms with Gasteiger partial charge >= 0.3 is 0 Å². The maximum absolute atomic E-state index is 11.1. The van der Waals surface area contributed by atoms with Crippen molar-refractivity contribution in [2.75, 3.05) is 0 Å². The van der Waals surface area contributed by atoms with E-state index in [0.717, 1.165) is 16.7 Å². The van der Waals surface area contributed by atoms with Crippen molar-refractivity contribution in [3.63, 3.8) is 0 Å². The molecule has 2 rings (SSSR count). The highest BCUT2D eigenvalue weighted by atomic mass is 16.1. The van der Waals surface area contributed by atoms with Crippen LogP contribution in [0.15, 0.2) is 48.5 Å². The van der Waals surface area contributed by atoms with Gasteiger partial charge in [0.2, 0.25) is 0 Å². The van der Waals surface area contributed by atoms with Gasteiger partial charge in [-0.3, -0.25) is 4.79 Å². The fourth-order valence-electron chi connectivity index (χ4n) is 1.66. The lowest BCUT2D eigenvalue weighted by molar-refractivity contribution is 0.101. The molecule has 2 aromatic carbocycles. The van der Waals surface area contributed by atoms with Crippen molar-refractivity contribution in [2.24, 2.45) is 0 Å². The molecule has 0 heterocycles. The van der Waals surface area contributed by atoms with Crippen molar-refractivity contribution in [2.45, 2.75) is 13.8 Å². The van der Waals surface area contributed by atoms with Crippen LogP contribution in [0.1, 0.15) is 34.0 Å². The Bertz CT molecular complexity index is 625. The van der Waals surface area contributed by atoms with Crippen LogP contribution in [-0.4, -0.2) is 5.78 Å². The van der Waals surface area contributed by atoms with Gasteiger partial charge in [0.25, 0.3) is 0 Å². The first kappa shape index (κ1) is 12.1. The van der Waals surface area contributed by atoms with Gasteiger partial charge in [-0.2, -0.15) is 0 Å². The first-order valence-electron chi connectivity index (χ1n) is 5.85. The number of rotatable bonds is 1. The number of carbonyl (C=O) groups excluding carboxylic acids is 1. The summed E-state index contributed by atoms with van der Waals surface area (Å²) >= 11 is 0. The SMILES string of the molecule is CC(=O)c1ccc(C#Cc2cccc(C)c2)cc1. The van der Waals surface area contributed by atoms with E-state index in [2.05, 4.69) is 17.9 Å². The lowest BCUT2D eigenvalue weighted by Crippen LogP contribution is -1.90. The number of hydrogen-bond acceptors (Lipinski definition) is 1. The number of aryl methyl sites for hydroxylation is 1. The van der Waals surface area contributed by atoms with Gasteiger partial charge in [0.1, 0.15) is 0 Å². The van der Waals surface area contributed by atoms with Crippen molar-refractivity contribution < 1.29 is 4.79 Å². The second kappa shape index (κ2) is 5.33. The minimum Gasteiger partial charge on any atom is -0.295 e. The number of hydrogen-bond donors (Lipinski definition) is 0. The molecule has 0 bridgehead atoms. The highest BCUT2D eigenvalue weighted by molar-refractivity contribution is 5.94. The summed E-state index contributed by atoms with van der Waals surface area (Å²) in [4.78, 5) is 11.1. The van der Waals surface area contributed by atoms with E-state index >= 15 is 0 Å². The van der Waals surface area contributed by atoms with Crippen molar-refractivity contribution in [1.29, 1.82) is 0 Å². The van der Waals surface area contributed by atoms with Gasteiger partial charge in [-0.15, -0.1) is 0 Å². The summed E-state index contributed by atoms with van der Waals surface area (Å²) in [5, 5.41) is 0. The Kier molecular flexibility index (Phi) is 3.60. The van der Waals surface area contributed by atoms with Crippen LogP contribution < -0.4 is 0 Å². The Labute approximate surface area is 107 Å². The molecule has 0 aliphatic heterocycles. The molecule has 1 nitrogen and oxygen atoms in total. The van der Waals surface area contributed by atoms with Gasteiger partial charge < -0.3 is 0 Å². The molecule has 0 saturated carbocycles. The molecular formula is C17H14O. The predicted octanol–water partition coefficient (Wildman–Crippen LogP) is 3.60. The summed E-state index contributed by atoms with van der Waals surface area (Å²) in [5.74, 6) is 6.29. The van der Waals surface area contributed by atoms with Crippen molar-refractivity contribution in [3.05, 3.63) is 70.8 Å². The van der Waals surface area contributed by atoms with E-state index in [9.17, 15) is 4.79 Å². The molecule has 2 aromatic rings. The fraction of sp³-hybridized carbons (Fsp3) is 0.118. The van der Waals surface area contributed by atoms with Crippen LogP contribution in [0, 0.1) is 18.8 Å². The highest BCUT2D eigenvalue weighted by Crippen LogP contribution is 2.05. The Morgan fingerprint density at radius 2 is 1.61 bits per heavy atom. The maximum atomic E-state index is 11.1. The monoisotopic (exact) mass is 234 g/mol. The molecule has 0 aliphatic carbocycles. The summed E-state index contributed by atoms with van der Waals surface area (Å²) in [7, 11) is 0. The predicted molar refractivity (Wildman–Crippen MR) is 73.6 cm³/mol. The summed E-state index contributed by atoms with van der Waals surface area (Å²) in [6.07, 6.45) is 0. The van der Waals surface area contributed by atoms with E-state index in [1.165, 1.54) is 5.56 Å². The molecule has 0 radical (unpaired) electrons. The number of Topliss-reactive ketones (excluding diaryl/α,β-unsaturated/α-hetero) is 1. The second-order valence-electron chi connectivity index (χ2n) is 4.25. The molecule has 88 valence electrons. The van der Waals surface area contributed by atoms with Crippen molar-refractivity contribution in [3.8, 4) is 11.8 Å². The number of benzene rings is 2. The van der Waals surface area contributed by atoms with Crippen LogP contribution in [0.3, 0.4) is 0 Å². The first-order chi connectivity index (χ1) is 8.65. The molecule has 0 unspecified atom stereocenters. The summed E-state index contributed by atoms with van der Waals surface area (Å²) in [6.45, 7) is 3.61. The maximum Gasteiger partial charge on any atom is 0.159 e.